The monoisotopic (exact) mass is 422 g/mol. The summed E-state index contributed by atoms with van der Waals surface area (Å²) in [5, 5.41) is 11.1. The van der Waals surface area contributed by atoms with Crippen molar-refractivity contribution >= 4 is 34.8 Å². The number of amides is 1. The highest BCUT2D eigenvalue weighted by atomic mass is 35.5. The van der Waals surface area contributed by atoms with Crippen LogP contribution in [0, 0.1) is 0 Å². The molecule has 2 aromatic heterocycles. The highest BCUT2D eigenvalue weighted by molar-refractivity contribution is 6.33. The van der Waals surface area contributed by atoms with Crippen LogP contribution in [-0.2, 0) is 24.2 Å². The first-order chi connectivity index (χ1) is 13.4. The maximum Gasteiger partial charge on any atom is 0.288 e. The van der Waals surface area contributed by atoms with E-state index < -0.39 is 11.5 Å². The molecule has 0 radical (unpaired) electrons. The molecule has 0 fully saturated rings. The summed E-state index contributed by atoms with van der Waals surface area (Å²) < 4.78 is 6.27. The van der Waals surface area contributed by atoms with Gasteiger partial charge in [-0.25, -0.2) is 4.68 Å². The van der Waals surface area contributed by atoms with E-state index in [1.54, 1.807) is 0 Å². The Kier molecular flexibility index (Phi) is 6.27. The third-order valence-corrected chi connectivity index (χ3v) is 4.40. The first-order valence-corrected chi connectivity index (χ1v) is 9.01. The molecule has 11 heteroatoms. The molecule has 9 nitrogen and oxygen atoms in total. The largest absolute Gasteiger partial charge is 0.373 e. The summed E-state index contributed by atoms with van der Waals surface area (Å²) in [4.78, 5) is 27.4. The molecule has 1 amide bonds. The van der Waals surface area contributed by atoms with Crippen molar-refractivity contribution in [2.45, 2.75) is 19.4 Å². The Morgan fingerprint density at radius 1 is 1.21 bits per heavy atom. The Morgan fingerprint density at radius 2 is 1.96 bits per heavy atom. The molecule has 0 aliphatic rings. The maximum absolute atomic E-state index is 12.3. The fourth-order valence-corrected chi connectivity index (χ4v) is 2.71. The van der Waals surface area contributed by atoms with Gasteiger partial charge in [0, 0.05) is 11.4 Å². The van der Waals surface area contributed by atoms with Gasteiger partial charge in [-0.15, -0.1) is 0 Å². The van der Waals surface area contributed by atoms with Crippen LogP contribution in [0.25, 0.3) is 0 Å². The lowest BCUT2D eigenvalue weighted by Crippen LogP contribution is -2.27. The number of nitrogens with one attached hydrogen (secondary N) is 1. The van der Waals surface area contributed by atoms with E-state index in [2.05, 4.69) is 20.6 Å². The lowest BCUT2D eigenvalue weighted by Gasteiger charge is -2.07. The summed E-state index contributed by atoms with van der Waals surface area (Å²) in [6.45, 7) is -0.186. The fraction of sp³-hybridized carbons (Fsp3) is 0.235. The molecule has 0 saturated carbocycles. The predicted molar refractivity (Wildman–Crippen MR) is 103 cm³/mol. The second kappa shape index (κ2) is 8.85. The standard InChI is InChI=1S/C17H16Cl2N6O3/c18-11-4-1-10(2-5-11)3-6-14-23-15(28-24-14)9-25-17(27)16(19)12(7-22-25)21-8-13(20)26/h1-2,4-5,7,21H,3,6,8-9H2,(H2,20,26). The first kappa shape index (κ1) is 19.8. The predicted octanol–water partition coefficient (Wildman–Crippen LogP) is 1.66. The van der Waals surface area contributed by atoms with Gasteiger partial charge in [-0.1, -0.05) is 40.5 Å². The lowest BCUT2D eigenvalue weighted by molar-refractivity contribution is -0.116. The summed E-state index contributed by atoms with van der Waals surface area (Å²) in [6, 6.07) is 7.51. The second-order valence-electron chi connectivity index (χ2n) is 5.89. The molecule has 0 unspecified atom stereocenters. The number of halogens is 2. The minimum Gasteiger partial charge on any atom is -0.373 e. The third kappa shape index (κ3) is 5.08. The van der Waals surface area contributed by atoms with Crippen LogP contribution < -0.4 is 16.6 Å². The van der Waals surface area contributed by atoms with Crippen LogP contribution in [0.3, 0.4) is 0 Å². The molecular formula is C17H16Cl2N6O3. The molecule has 2 heterocycles. The minimum absolute atomic E-state index is 0.0252. The summed E-state index contributed by atoms with van der Waals surface area (Å²) >= 11 is 11.9. The average Bonchev–Trinajstić information content (AvgIpc) is 3.12. The van der Waals surface area contributed by atoms with Gasteiger partial charge in [0.25, 0.3) is 5.56 Å². The Morgan fingerprint density at radius 3 is 2.68 bits per heavy atom. The Hall–Kier alpha value is -2.91. The highest BCUT2D eigenvalue weighted by Crippen LogP contribution is 2.15. The average molecular weight is 423 g/mol. The molecule has 0 saturated heterocycles. The Labute approximate surface area is 169 Å². The molecule has 3 N–H and O–H groups in total. The zero-order chi connectivity index (χ0) is 20.1. The van der Waals surface area contributed by atoms with Crippen molar-refractivity contribution in [1.29, 1.82) is 0 Å². The van der Waals surface area contributed by atoms with Crippen molar-refractivity contribution in [3.05, 3.63) is 68.1 Å². The first-order valence-electron chi connectivity index (χ1n) is 8.26. The molecular weight excluding hydrogens is 407 g/mol. The molecule has 146 valence electrons. The molecule has 3 aromatic rings. The van der Waals surface area contributed by atoms with Crippen LogP contribution >= 0.6 is 23.2 Å². The van der Waals surface area contributed by atoms with Crippen molar-refractivity contribution in [1.82, 2.24) is 19.9 Å². The van der Waals surface area contributed by atoms with E-state index in [4.69, 9.17) is 33.5 Å². The normalized spacial score (nSPS) is 10.8. The number of carbonyl (C=O) groups is 1. The molecule has 28 heavy (non-hydrogen) atoms. The fourth-order valence-electron chi connectivity index (χ4n) is 2.37. The van der Waals surface area contributed by atoms with Gasteiger partial charge in [0.2, 0.25) is 11.8 Å². The smallest absolute Gasteiger partial charge is 0.288 e. The third-order valence-electron chi connectivity index (χ3n) is 3.78. The number of aryl methyl sites for hydroxylation is 2. The van der Waals surface area contributed by atoms with E-state index in [1.807, 2.05) is 24.3 Å². The van der Waals surface area contributed by atoms with Crippen molar-refractivity contribution in [3.63, 3.8) is 0 Å². The van der Waals surface area contributed by atoms with Crippen LogP contribution in [0.1, 0.15) is 17.3 Å². The van der Waals surface area contributed by atoms with E-state index in [9.17, 15) is 9.59 Å². The van der Waals surface area contributed by atoms with E-state index in [0.29, 0.717) is 17.3 Å². The van der Waals surface area contributed by atoms with Crippen LogP contribution in [0.5, 0.6) is 0 Å². The number of nitrogens with two attached hydrogens (primary N) is 1. The van der Waals surface area contributed by atoms with Crippen LogP contribution in [0.15, 0.2) is 39.8 Å². The number of hydrogen-bond donors (Lipinski definition) is 2. The number of carbonyl (C=O) groups excluding carboxylic acids is 1. The summed E-state index contributed by atoms with van der Waals surface area (Å²) in [5.41, 5.74) is 5.81. The number of rotatable bonds is 8. The van der Waals surface area contributed by atoms with E-state index in [-0.39, 0.29) is 29.7 Å². The number of primary amides is 1. The van der Waals surface area contributed by atoms with Crippen LogP contribution in [0.2, 0.25) is 10.0 Å². The zero-order valence-corrected chi connectivity index (χ0v) is 16.1. The number of benzene rings is 1. The van der Waals surface area contributed by atoms with Gasteiger partial charge in [0.05, 0.1) is 18.4 Å². The number of aromatic nitrogens is 4. The van der Waals surface area contributed by atoms with Crippen molar-refractivity contribution in [2.75, 3.05) is 11.9 Å². The minimum atomic E-state index is -0.586. The van der Waals surface area contributed by atoms with Crippen molar-refractivity contribution in [3.8, 4) is 0 Å². The molecule has 0 aliphatic heterocycles. The van der Waals surface area contributed by atoms with Gasteiger partial charge in [0.15, 0.2) is 5.82 Å². The summed E-state index contributed by atoms with van der Waals surface area (Å²) in [7, 11) is 0. The van der Waals surface area contributed by atoms with Gasteiger partial charge >= 0.3 is 0 Å². The van der Waals surface area contributed by atoms with Gasteiger partial charge in [-0.2, -0.15) is 10.1 Å². The summed E-state index contributed by atoms with van der Waals surface area (Å²) in [6.07, 6.45) is 2.62. The maximum atomic E-state index is 12.3. The SMILES string of the molecule is NC(=O)CNc1cnn(Cc2nc(CCc3ccc(Cl)cc3)no2)c(=O)c1Cl. The molecule has 0 aliphatic carbocycles. The topological polar surface area (TPSA) is 129 Å². The van der Waals surface area contributed by atoms with Crippen LogP contribution in [0.4, 0.5) is 5.69 Å². The zero-order valence-electron chi connectivity index (χ0n) is 14.6. The number of nitrogens with zero attached hydrogens (tertiary/aromatic N) is 4. The van der Waals surface area contributed by atoms with E-state index in [0.717, 1.165) is 16.7 Å². The van der Waals surface area contributed by atoms with Gasteiger partial charge < -0.3 is 15.6 Å². The van der Waals surface area contributed by atoms with Gasteiger partial charge in [0.1, 0.15) is 11.6 Å². The number of anilines is 1. The Bertz CT molecular complexity index is 1030. The molecule has 0 bridgehead atoms. The Balaban J connectivity index is 1.64. The molecule has 0 atom stereocenters. The lowest BCUT2D eigenvalue weighted by atomic mass is 10.1. The second-order valence-corrected chi connectivity index (χ2v) is 6.70. The van der Waals surface area contributed by atoms with Crippen LogP contribution in [-0.4, -0.2) is 32.4 Å². The van der Waals surface area contributed by atoms with Crippen molar-refractivity contribution < 1.29 is 9.32 Å². The van der Waals surface area contributed by atoms with E-state index >= 15 is 0 Å². The molecule has 1 aromatic carbocycles. The van der Waals surface area contributed by atoms with E-state index in [1.165, 1.54) is 6.20 Å². The summed E-state index contributed by atoms with van der Waals surface area (Å²) in [5.74, 6) is 0.163. The van der Waals surface area contributed by atoms with Gasteiger partial charge in [-0.05, 0) is 24.1 Å². The molecule has 3 rings (SSSR count). The van der Waals surface area contributed by atoms with Gasteiger partial charge in [-0.3, -0.25) is 9.59 Å². The number of hydrogen-bond acceptors (Lipinski definition) is 7. The highest BCUT2D eigenvalue weighted by Gasteiger charge is 2.13. The quantitative estimate of drug-likeness (QED) is 0.564. The van der Waals surface area contributed by atoms with Crippen molar-refractivity contribution in [2.24, 2.45) is 5.73 Å². The molecule has 0 spiro atoms.